The summed E-state index contributed by atoms with van der Waals surface area (Å²) in [5, 5.41) is 24.6. The highest BCUT2D eigenvalue weighted by Crippen LogP contribution is 2.43. The topological polar surface area (TPSA) is 125 Å². The number of benzene rings is 3. The van der Waals surface area contributed by atoms with E-state index in [1.165, 1.54) is 0 Å². The fourth-order valence-corrected chi connectivity index (χ4v) is 3.69. The number of carbonyl (C=O) groups is 1. The third kappa shape index (κ3) is 5.35. The zero-order valence-corrected chi connectivity index (χ0v) is 19.7. The first-order valence-corrected chi connectivity index (χ1v) is 11.2. The number of hydrogen-bond acceptors (Lipinski definition) is 7. The van der Waals surface area contributed by atoms with E-state index in [0.717, 1.165) is 16.7 Å². The van der Waals surface area contributed by atoms with Crippen molar-refractivity contribution in [3.05, 3.63) is 105 Å². The maximum atomic E-state index is 11.8. The molecule has 0 fully saturated rings. The van der Waals surface area contributed by atoms with Gasteiger partial charge < -0.3 is 19.1 Å². The number of hydrogen-bond donors (Lipinski definition) is 1. The zero-order valence-electron chi connectivity index (χ0n) is 19.7. The smallest absolute Gasteiger partial charge is 0.365 e. The van der Waals surface area contributed by atoms with Gasteiger partial charge in [0.1, 0.15) is 24.7 Å². The Bertz CT molecular complexity index is 1370. The minimum absolute atomic E-state index is 0.0291. The Morgan fingerprint density at radius 3 is 2.03 bits per heavy atom. The molecule has 0 amide bonds. The van der Waals surface area contributed by atoms with Crippen molar-refractivity contribution in [2.24, 2.45) is 0 Å². The summed E-state index contributed by atoms with van der Waals surface area (Å²) >= 11 is 0. The van der Waals surface area contributed by atoms with Crippen LogP contribution < -0.4 is 9.47 Å². The molecule has 0 aliphatic carbocycles. The van der Waals surface area contributed by atoms with Crippen LogP contribution in [-0.2, 0) is 13.2 Å². The van der Waals surface area contributed by atoms with E-state index < -0.39 is 22.3 Å². The molecule has 0 saturated heterocycles. The number of nitrogens with zero attached hydrogens (tertiary/aromatic N) is 2. The van der Waals surface area contributed by atoms with Crippen molar-refractivity contribution < 1.29 is 28.8 Å². The van der Waals surface area contributed by atoms with Crippen LogP contribution in [0.3, 0.4) is 0 Å². The zero-order chi connectivity index (χ0) is 25.7. The van der Waals surface area contributed by atoms with Crippen molar-refractivity contribution in [2.45, 2.75) is 33.0 Å². The molecular weight excluding hydrogens is 464 g/mol. The Balaban J connectivity index is 1.82. The Labute approximate surface area is 207 Å². The fraction of sp³-hybridized carbons (Fsp3) is 0.185. The number of carboxylic acid groups (broad SMARTS) is 1. The summed E-state index contributed by atoms with van der Waals surface area (Å²) in [5.41, 5.74) is 1.30. The van der Waals surface area contributed by atoms with Gasteiger partial charge in [0.15, 0.2) is 0 Å². The van der Waals surface area contributed by atoms with Gasteiger partial charge in [-0.05, 0) is 28.7 Å². The van der Waals surface area contributed by atoms with E-state index in [4.69, 9.17) is 14.0 Å². The molecule has 3 aromatic carbocycles. The molecule has 9 heteroatoms. The first-order valence-electron chi connectivity index (χ1n) is 11.2. The Morgan fingerprint density at radius 2 is 1.53 bits per heavy atom. The van der Waals surface area contributed by atoms with Crippen LogP contribution in [0.25, 0.3) is 11.3 Å². The monoisotopic (exact) mass is 488 g/mol. The molecule has 0 saturated carbocycles. The lowest BCUT2D eigenvalue weighted by molar-refractivity contribution is -0.384. The fourth-order valence-electron chi connectivity index (χ4n) is 3.69. The molecule has 0 spiro atoms. The van der Waals surface area contributed by atoms with E-state index >= 15 is 0 Å². The van der Waals surface area contributed by atoms with Crippen molar-refractivity contribution >= 4 is 11.7 Å². The molecule has 0 bridgehead atoms. The molecular formula is C27H24N2O7. The van der Waals surface area contributed by atoms with Crippen LogP contribution in [0.1, 0.15) is 46.9 Å². The van der Waals surface area contributed by atoms with E-state index in [1.54, 1.807) is 12.1 Å². The van der Waals surface area contributed by atoms with Crippen molar-refractivity contribution in [1.29, 1.82) is 0 Å². The molecule has 0 aliphatic heterocycles. The second-order valence-corrected chi connectivity index (χ2v) is 8.36. The van der Waals surface area contributed by atoms with E-state index in [2.05, 4.69) is 5.16 Å². The summed E-state index contributed by atoms with van der Waals surface area (Å²) in [4.78, 5) is 22.5. The molecule has 1 aromatic heterocycles. The molecule has 0 aliphatic rings. The van der Waals surface area contributed by atoms with Gasteiger partial charge >= 0.3 is 11.7 Å². The van der Waals surface area contributed by atoms with Gasteiger partial charge in [-0.25, -0.2) is 4.79 Å². The van der Waals surface area contributed by atoms with Gasteiger partial charge in [-0.3, -0.25) is 10.1 Å². The van der Waals surface area contributed by atoms with Gasteiger partial charge in [-0.1, -0.05) is 79.7 Å². The summed E-state index contributed by atoms with van der Waals surface area (Å²) in [7, 11) is 0. The van der Waals surface area contributed by atoms with Gasteiger partial charge in [-0.15, -0.1) is 0 Å². The maximum Gasteiger partial charge on any atom is 0.365 e. The first-order chi connectivity index (χ1) is 17.3. The minimum Gasteiger partial charge on any atom is -0.488 e. The van der Waals surface area contributed by atoms with Crippen molar-refractivity contribution in [3.63, 3.8) is 0 Å². The summed E-state index contributed by atoms with van der Waals surface area (Å²) in [5.74, 6) is -1.10. The lowest BCUT2D eigenvalue weighted by Gasteiger charge is -2.18. The van der Waals surface area contributed by atoms with Gasteiger partial charge in [0.2, 0.25) is 5.76 Å². The number of nitro groups is 1. The quantitative estimate of drug-likeness (QED) is 0.206. The van der Waals surface area contributed by atoms with Gasteiger partial charge in [0.05, 0.1) is 10.5 Å². The SMILES string of the molecule is CC(C)c1cc(-c2onc(C(=O)O)c2[N+](=O)[O-])c(OCc2ccccc2)cc1OCc1ccccc1. The van der Waals surface area contributed by atoms with Crippen LogP contribution in [0.15, 0.2) is 77.3 Å². The highest BCUT2D eigenvalue weighted by Gasteiger charge is 2.34. The largest absolute Gasteiger partial charge is 0.488 e. The van der Waals surface area contributed by atoms with Crippen LogP contribution in [0, 0.1) is 10.1 Å². The summed E-state index contributed by atoms with van der Waals surface area (Å²) in [6.07, 6.45) is 0. The minimum atomic E-state index is -1.56. The molecule has 4 aromatic rings. The summed E-state index contributed by atoms with van der Waals surface area (Å²) < 4.78 is 17.4. The van der Waals surface area contributed by atoms with Crippen LogP contribution in [0.2, 0.25) is 0 Å². The van der Waals surface area contributed by atoms with Gasteiger partial charge in [0.25, 0.3) is 5.69 Å². The lowest BCUT2D eigenvalue weighted by Crippen LogP contribution is -2.04. The van der Waals surface area contributed by atoms with Gasteiger partial charge in [-0.2, -0.15) is 0 Å². The normalized spacial score (nSPS) is 10.9. The van der Waals surface area contributed by atoms with E-state index in [-0.39, 0.29) is 29.6 Å². The number of aromatic nitrogens is 1. The molecule has 36 heavy (non-hydrogen) atoms. The number of aromatic carboxylic acids is 1. The number of ether oxygens (including phenoxy) is 2. The van der Waals surface area contributed by atoms with Crippen molar-refractivity contribution in [1.82, 2.24) is 5.16 Å². The molecule has 9 nitrogen and oxygen atoms in total. The Morgan fingerprint density at radius 1 is 0.972 bits per heavy atom. The maximum absolute atomic E-state index is 11.8. The third-order valence-corrected chi connectivity index (χ3v) is 5.51. The van der Waals surface area contributed by atoms with E-state index in [9.17, 15) is 20.0 Å². The Kier molecular flexibility index (Phi) is 7.29. The van der Waals surface area contributed by atoms with Crippen molar-refractivity contribution in [2.75, 3.05) is 0 Å². The third-order valence-electron chi connectivity index (χ3n) is 5.51. The first kappa shape index (κ1) is 24.5. The molecule has 4 rings (SSSR count). The molecule has 0 atom stereocenters. The molecule has 0 radical (unpaired) electrons. The lowest BCUT2D eigenvalue weighted by atomic mass is 9.97. The van der Waals surface area contributed by atoms with Gasteiger partial charge in [0, 0.05) is 6.07 Å². The standard InChI is InChI=1S/C27H24N2O7/c1-17(2)20-13-21(26-25(29(32)33)24(27(30)31)28-36-26)23(35-16-19-11-7-4-8-12-19)14-22(20)34-15-18-9-5-3-6-10-18/h3-14,17H,15-16H2,1-2H3,(H,30,31). The predicted molar refractivity (Wildman–Crippen MR) is 131 cm³/mol. The summed E-state index contributed by atoms with van der Waals surface area (Å²) in [6, 6.07) is 22.4. The van der Waals surface area contributed by atoms with Crippen LogP contribution in [0.5, 0.6) is 11.5 Å². The highest BCUT2D eigenvalue weighted by atomic mass is 16.6. The van der Waals surface area contributed by atoms with E-state index in [1.807, 2.05) is 74.5 Å². The average Bonchev–Trinajstić information content (AvgIpc) is 3.33. The molecule has 184 valence electrons. The predicted octanol–water partition coefficient (Wildman–Crippen LogP) is 6.23. The summed E-state index contributed by atoms with van der Waals surface area (Å²) in [6.45, 7) is 4.39. The number of rotatable bonds is 10. The van der Waals surface area contributed by atoms with Crippen molar-refractivity contribution in [3.8, 4) is 22.8 Å². The molecule has 1 N–H and O–H groups in total. The van der Waals surface area contributed by atoms with Crippen LogP contribution in [-0.4, -0.2) is 21.2 Å². The van der Waals surface area contributed by atoms with Crippen LogP contribution in [0.4, 0.5) is 5.69 Å². The van der Waals surface area contributed by atoms with Crippen LogP contribution >= 0.6 is 0 Å². The Hall–Kier alpha value is -4.66. The second kappa shape index (κ2) is 10.7. The molecule has 1 heterocycles. The highest BCUT2D eigenvalue weighted by molar-refractivity contribution is 5.94. The number of carboxylic acids is 1. The molecule has 0 unspecified atom stereocenters. The van der Waals surface area contributed by atoms with E-state index in [0.29, 0.717) is 12.4 Å². The average molecular weight is 488 g/mol. The second-order valence-electron chi connectivity index (χ2n) is 8.36.